The van der Waals surface area contributed by atoms with E-state index in [9.17, 15) is 4.39 Å². The minimum Gasteiger partial charge on any atom is -0.493 e. The Balaban J connectivity index is 2.49. The molecule has 0 bridgehead atoms. The van der Waals surface area contributed by atoms with Crippen molar-refractivity contribution in [3.05, 3.63) is 29.6 Å². The zero-order valence-corrected chi connectivity index (χ0v) is 10.2. The molecule has 15 heavy (non-hydrogen) atoms. The smallest absolute Gasteiger partial charge is 0.127 e. The van der Waals surface area contributed by atoms with Crippen LogP contribution >= 0.6 is 23.4 Å². The van der Waals surface area contributed by atoms with Gasteiger partial charge in [-0.15, -0.1) is 11.6 Å². The molecule has 0 spiro atoms. The molecule has 0 aliphatic heterocycles. The van der Waals surface area contributed by atoms with E-state index in [1.54, 1.807) is 17.8 Å². The van der Waals surface area contributed by atoms with Crippen LogP contribution in [0.5, 0.6) is 5.75 Å². The van der Waals surface area contributed by atoms with Crippen LogP contribution in [0.2, 0.25) is 0 Å². The number of rotatable bonds is 6. The van der Waals surface area contributed by atoms with Gasteiger partial charge in [0.2, 0.25) is 0 Å². The second-order valence-corrected chi connectivity index (χ2v) is 4.38. The highest BCUT2D eigenvalue weighted by Gasteiger charge is 2.00. The predicted molar refractivity (Wildman–Crippen MR) is 64.5 cm³/mol. The maximum Gasteiger partial charge on any atom is 0.127 e. The normalized spacial score (nSPS) is 10.3. The maximum atomic E-state index is 13.0. The molecule has 0 radical (unpaired) electrons. The Morgan fingerprint density at radius 3 is 2.87 bits per heavy atom. The van der Waals surface area contributed by atoms with Crippen LogP contribution in [-0.2, 0) is 5.88 Å². The van der Waals surface area contributed by atoms with Gasteiger partial charge in [-0.05, 0) is 36.1 Å². The van der Waals surface area contributed by atoms with Gasteiger partial charge in [0.05, 0.1) is 6.61 Å². The summed E-state index contributed by atoms with van der Waals surface area (Å²) in [7, 11) is 0. The van der Waals surface area contributed by atoms with Gasteiger partial charge in [0.15, 0.2) is 0 Å². The van der Waals surface area contributed by atoms with Crippen molar-refractivity contribution in [3.63, 3.8) is 0 Å². The molecule has 0 fully saturated rings. The first-order chi connectivity index (χ1) is 7.26. The van der Waals surface area contributed by atoms with Crippen molar-refractivity contribution in [3.8, 4) is 5.75 Å². The second-order valence-electron chi connectivity index (χ2n) is 3.12. The van der Waals surface area contributed by atoms with Crippen molar-refractivity contribution in [1.82, 2.24) is 0 Å². The van der Waals surface area contributed by atoms with E-state index < -0.39 is 0 Å². The topological polar surface area (TPSA) is 9.23 Å². The van der Waals surface area contributed by atoms with Gasteiger partial charge in [0.1, 0.15) is 11.6 Å². The molecule has 1 rings (SSSR count). The Labute approximate surface area is 99.0 Å². The Kier molecular flexibility index (Phi) is 5.88. The van der Waals surface area contributed by atoms with Crippen molar-refractivity contribution in [1.29, 1.82) is 0 Å². The largest absolute Gasteiger partial charge is 0.493 e. The summed E-state index contributed by atoms with van der Waals surface area (Å²) in [6.45, 7) is 0.617. The lowest BCUT2D eigenvalue weighted by molar-refractivity contribution is 0.317. The van der Waals surface area contributed by atoms with Crippen LogP contribution in [-0.4, -0.2) is 18.6 Å². The molecule has 4 heteroatoms. The van der Waals surface area contributed by atoms with E-state index in [-0.39, 0.29) is 5.82 Å². The summed E-state index contributed by atoms with van der Waals surface area (Å²) >= 11 is 7.40. The summed E-state index contributed by atoms with van der Waals surface area (Å²) in [6.07, 6.45) is 3.02. The molecule has 84 valence electrons. The monoisotopic (exact) mass is 248 g/mol. The quantitative estimate of drug-likeness (QED) is 0.561. The van der Waals surface area contributed by atoms with Gasteiger partial charge in [0.25, 0.3) is 0 Å². The molecule has 1 nitrogen and oxygen atoms in total. The molecule has 0 amide bonds. The Morgan fingerprint density at radius 2 is 2.20 bits per heavy atom. The Morgan fingerprint density at radius 1 is 1.40 bits per heavy atom. The molecule has 0 aliphatic rings. The summed E-state index contributed by atoms with van der Waals surface area (Å²) in [5.74, 6) is 1.62. The van der Waals surface area contributed by atoms with Crippen LogP contribution in [0.3, 0.4) is 0 Å². The fourth-order valence-corrected chi connectivity index (χ4v) is 1.74. The molecule has 1 aromatic carbocycles. The van der Waals surface area contributed by atoms with Crippen molar-refractivity contribution >= 4 is 23.4 Å². The lowest BCUT2D eigenvalue weighted by Gasteiger charge is -2.07. The van der Waals surface area contributed by atoms with E-state index in [1.165, 1.54) is 12.1 Å². The number of benzene rings is 1. The molecular weight excluding hydrogens is 235 g/mol. The first-order valence-electron chi connectivity index (χ1n) is 4.73. The fraction of sp³-hybridized carbons (Fsp3) is 0.455. The van der Waals surface area contributed by atoms with Crippen LogP contribution in [0.4, 0.5) is 4.39 Å². The van der Waals surface area contributed by atoms with E-state index in [0.717, 1.165) is 17.7 Å². The highest BCUT2D eigenvalue weighted by atomic mass is 35.5. The van der Waals surface area contributed by atoms with Gasteiger partial charge in [-0.25, -0.2) is 4.39 Å². The molecule has 0 heterocycles. The molecule has 1 aromatic rings. The number of halogens is 2. The minimum atomic E-state index is -0.298. The van der Waals surface area contributed by atoms with E-state index in [4.69, 9.17) is 16.3 Å². The van der Waals surface area contributed by atoms with Gasteiger partial charge in [0, 0.05) is 11.9 Å². The van der Waals surface area contributed by atoms with E-state index in [0.29, 0.717) is 18.2 Å². The number of alkyl halides is 1. The summed E-state index contributed by atoms with van der Waals surface area (Å²) in [6, 6.07) is 4.58. The molecular formula is C11H14ClFOS. The molecule has 0 N–H and O–H groups in total. The van der Waals surface area contributed by atoms with Gasteiger partial charge >= 0.3 is 0 Å². The van der Waals surface area contributed by atoms with Crippen LogP contribution in [0.25, 0.3) is 0 Å². The number of hydrogen-bond donors (Lipinski definition) is 0. The third kappa shape index (κ3) is 4.76. The number of thioether (sulfide) groups is 1. The number of ether oxygens (including phenoxy) is 1. The lowest BCUT2D eigenvalue weighted by Crippen LogP contribution is -1.99. The summed E-state index contributed by atoms with van der Waals surface area (Å²) in [5, 5.41) is 0. The first-order valence-corrected chi connectivity index (χ1v) is 6.66. The highest BCUT2D eigenvalue weighted by molar-refractivity contribution is 7.98. The zero-order chi connectivity index (χ0) is 11.1. The minimum absolute atomic E-state index is 0.298. The van der Waals surface area contributed by atoms with Crippen molar-refractivity contribution in [2.75, 3.05) is 18.6 Å². The average molecular weight is 249 g/mol. The molecule has 0 aromatic heterocycles. The maximum absolute atomic E-state index is 13.0. The zero-order valence-electron chi connectivity index (χ0n) is 8.63. The van der Waals surface area contributed by atoms with Crippen LogP contribution in [0, 0.1) is 5.82 Å². The average Bonchev–Trinajstić information content (AvgIpc) is 2.23. The highest BCUT2D eigenvalue weighted by Crippen LogP contribution is 2.18. The van der Waals surface area contributed by atoms with Crippen LogP contribution in [0.15, 0.2) is 18.2 Å². The van der Waals surface area contributed by atoms with Crippen LogP contribution in [0.1, 0.15) is 12.0 Å². The molecule has 0 atom stereocenters. The van der Waals surface area contributed by atoms with Crippen molar-refractivity contribution in [2.24, 2.45) is 0 Å². The van der Waals surface area contributed by atoms with E-state index >= 15 is 0 Å². The molecule has 0 saturated carbocycles. The Hall–Kier alpha value is -0.410. The fourth-order valence-electron chi connectivity index (χ4n) is 1.17. The third-order valence-corrected chi connectivity index (χ3v) is 2.85. The molecule has 0 aliphatic carbocycles. The summed E-state index contributed by atoms with van der Waals surface area (Å²) in [5.41, 5.74) is 0.747. The molecule has 0 unspecified atom stereocenters. The predicted octanol–water partition coefficient (Wildman–Crippen LogP) is 3.70. The number of hydrogen-bond acceptors (Lipinski definition) is 2. The lowest BCUT2D eigenvalue weighted by atomic mass is 10.2. The first kappa shape index (κ1) is 12.7. The van der Waals surface area contributed by atoms with Crippen LogP contribution < -0.4 is 4.74 Å². The van der Waals surface area contributed by atoms with Gasteiger partial charge < -0.3 is 4.74 Å². The van der Waals surface area contributed by atoms with Gasteiger partial charge in [-0.1, -0.05) is 0 Å². The Bertz CT molecular complexity index is 307. The molecule has 0 saturated heterocycles. The summed E-state index contributed by atoms with van der Waals surface area (Å²) < 4.78 is 18.5. The van der Waals surface area contributed by atoms with Crippen molar-refractivity contribution < 1.29 is 9.13 Å². The standard InChI is InChI=1S/C11H14ClFOS/c1-15-4-2-3-14-11-6-9(8-12)5-10(13)7-11/h5-7H,2-4,8H2,1H3. The summed E-state index contributed by atoms with van der Waals surface area (Å²) in [4.78, 5) is 0. The third-order valence-electron chi connectivity index (χ3n) is 1.85. The van der Waals surface area contributed by atoms with E-state index in [2.05, 4.69) is 0 Å². The van der Waals surface area contributed by atoms with E-state index in [1.807, 2.05) is 6.26 Å². The van der Waals surface area contributed by atoms with Crippen molar-refractivity contribution in [2.45, 2.75) is 12.3 Å². The van der Waals surface area contributed by atoms with Gasteiger partial charge in [-0.3, -0.25) is 0 Å². The SMILES string of the molecule is CSCCCOc1cc(F)cc(CCl)c1. The van der Waals surface area contributed by atoms with Gasteiger partial charge in [-0.2, -0.15) is 11.8 Å². The second kappa shape index (κ2) is 6.96.